The van der Waals surface area contributed by atoms with Crippen LogP contribution in [0.1, 0.15) is 40.6 Å². The largest absolute Gasteiger partial charge is 0.462 e. The fourth-order valence-electron chi connectivity index (χ4n) is 3.73. The number of aromatic nitrogens is 5. The number of esters is 1. The zero-order chi connectivity index (χ0) is 24.2. The summed E-state index contributed by atoms with van der Waals surface area (Å²) in [6.45, 7) is 7.15. The van der Waals surface area contributed by atoms with Crippen LogP contribution in [-0.2, 0) is 27.9 Å². The Morgan fingerprint density at radius 3 is 2.85 bits per heavy atom. The van der Waals surface area contributed by atoms with Crippen molar-refractivity contribution in [3.63, 3.8) is 0 Å². The number of carbonyl (C=O) groups excluding carboxylic acids is 2. The maximum absolute atomic E-state index is 12.8. The summed E-state index contributed by atoms with van der Waals surface area (Å²) in [5.41, 5.74) is 1.96. The lowest BCUT2D eigenvalue weighted by Gasteiger charge is -2.14. The van der Waals surface area contributed by atoms with Gasteiger partial charge >= 0.3 is 5.97 Å². The highest BCUT2D eigenvalue weighted by Gasteiger charge is 2.25. The molecule has 12 heteroatoms. The highest BCUT2D eigenvalue weighted by molar-refractivity contribution is 7.99. The van der Waals surface area contributed by atoms with Crippen LogP contribution in [-0.4, -0.2) is 61.5 Å². The predicted octanol–water partition coefficient (Wildman–Crippen LogP) is 3.44. The summed E-state index contributed by atoms with van der Waals surface area (Å²) in [4.78, 5) is 26.2. The van der Waals surface area contributed by atoms with Gasteiger partial charge in [0.25, 0.3) is 0 Å². The van der Waals surface area contributed by atoms with Crippen molar-refractivity contribution in [1.29, 1.82) is 0 Å². The maximum atomic E-state index is 12.8. The molecular weight excluding hydrogens is 476 g/mol. The molecule has 0 saturated carbocycles. The Morgan fingerprint density at radius 2 is 2.18 bits per heavy atom. The number of amides is 1. The summed E-state index contributed by atoms with van der Waals surface area (Å²) in [7, 11) is 1.85. The summed E-state index contributed by atoms with van der Waals surface area (Å²) < 4.78 is 14.7. The molecule has 3 aromatic rings. The number of nitrogens with zero attached hydrogens (tertiary/aromatic N) is 5. The van der Waals surface area contributed by atoms with E-state index in [0.29, 0.717) is 33.8 Å². The lowest BCUT2D eigenvalue weighted by Crippen LogP contribution is -2.19. The van der Waals surface area contributed by atoms with E-state index >= 15 is 0 Å². The third-order valence-electron chi connectivity index (χ3n) is 5.52. The van der Waals surface area contributed by atoms with Crippen molar-refractivity contribution in [3.05, 3.63) is 28.3 Å². The average Bonchev–Trinajstić information content (AvgIpc) is 3.57. The second kappa shape index (κ2) is 10.7. The van der Waals surface area contributed by atoms with Gasteiger partial charge in [0.05, 0.1) is 30.6 Å². The minimum Gasteiger partial charge on any atom is -0.462 e. The highest BCUT2D eigenvalue weighted by atomic mass is 32.2. The van der Waals surface area contributed by atoms with Crippen LogP contribution in [0.2, 0.25) is 0 Å². The molecule has 3 aromatic heterocycles. The smallest absolute Gasteiger partial charge is 0.341 e. The van der Waals surface area contributed by atoms with Crippen LogP contribution < -0.4 is 5.32 Å². The Hall–Kier alpha value is -2.70. The van der Waals surface area contributed by atoms with Crippen LogP contribution in [0.25, 0.3) is 11.5 Å². The van der Waals surface area contributed by atoms with Gasteiger partial charge in [-0.1, -0.05) is 11.8 Å². The lowest BCUT2D eigenvalue weighted by molar-refractivity contribution is -0.113. The molecule has 1 aliphatic rings. The predicted molar refractivity (Wildman–Crippen MR) is 130 cm³/mol. The van der Waals surface area contributed by atoms with Crippen molar-refractivity contribution in [3.8, 4) is 11.5 Å². The summed E-state index contributed by atoms with van der Waals surface area (Å²) in [6.07, 6.45) is 3.93. The van der Waals surface area contributed by atoms with Crippen LogP contribution in [0.4, 0.5) is 5.00 Å². The number of nitrogens with one attached hydrogen (secondary N) is 1. The van der Waals surface area contributed by atoms with Gasteiger partial charge in [-0.25, -0.2) is 4.79 Å². The zero-order valence-corrected chi connectivity index (χ0v) is 21.3. The van der Waals surface area contributed by atoms with Crippen molar-refractivity contribution in [2.45, 2.75) is 51.4 Å². The Labute approximate surface area is 206 Å². The SMILES string of the molecule is CCOC(=O)c1c(NC(=O)CSc2nnc(-c3ccn(C)n3)n2C[C@H]2CCCO2)sc(C)c1C. The molecule has 1 amide bonds. The molecular formula is C22H28N6O4S2. The maximum Gasteiger partial charge on any atom is 0.341 e. The zero-order valence-electron chi connectivity index (χ0n) is 19.7. The van der Waals surface area contributed by atoms with Crippen molar-refractivity contribution in [1.82, 2.24) is 24.5 Å². The Bertz CT molecular complexity index is 1180. The van der Waals surface area contributed by atoms with E-state index < -0.39 is 5.97 Å². The Balaban J connectivity index is 1.49. The monoisotopic (exact) mass is 504 g/mol. The number of ether oxygens (including phenoxy) is 2. The lowest BCUT2D eigenvalue weighted by atomic mass is 10.1. The van der Waals surface area contributed by atoms with E-state index in [4.69, 9.17) is 9.47 Å². The van der Waals surface area contributed by atoms with Crippen molar-refractivity contribution >= 4 is 40.0 Å². The molecule has 182 valence electrons. The van der Waals surface area contributed by atoms with Gasteiger partial charge in [-0.3, -0.25) is 14.0 Å². The van der Waals surface area contributed by atoms with Crippen molar-refractivity contribution in [2.24, 2.45) is 7.05 Å². The fraction of sp³-hybridized carbons (Fsp3) is 0.500. The van der Waals surface area contributed by atoms with E-state index in [0.717, 1.165) is 29.9 Å². The van der Waals surface area contributed by atoms with E-state index in [1.54, 1.807) is 11.6 Å². The molecule has 0 aliphatic carbocycles. The number of carbonyl (C=O) groups is 2. The molecule has 1 N–H and O–H groups in total. The average molecular weight is 505 g/mol. The number of hydrogen-bond acceptors (Lipinski definition) is 9. The van der Waals surface area contributed by atoms with Crippen LogP contribution >= 0.6 is 23.1 Å². The summed E-state index contributed by atoms with van der Waals surface area (Å²) >= 11 is 2.66. The first-order chi connectivity index (χ1) is 16.4. The fourth-order valence-corrected chi connectivity index (χ4v) is 5.55. The van der Waals surface area contributed by atoms with Gasteiger partial charge in [-0.15, -0.1) is 21.5 Å². The van der Waals surface area contributed by atoms with Gasteiger partial charge in [-0.2, -0.15) is 5.10 Å². The second-order valence-corrected chi connectivity index (χ2v) is 10.1. The molecule has 1 atom stereocenters. The molecule has 1 aliphatic heterocycles. The quantitative estimate of drug-likeness (QED) is 0.348. The molecule has 4 rings (SSSR count). The summed E-state index contributed by atoms with van der Waals surface area (Å²) in [5, 5.41) is 17.1. The highest BCUT2D eigenvalue weighted by Crippen LogP contribution is 2.33. The number of aryl methyl sites for hydroxylation is 2. The van der Waals surface area contributed by atoms with Gasteiger partial charge in [-0.05, 0) is 45.2 Å². The molecule has 0 bridgehead atoms. The van der Waals surface area contributed by atoms with E-state index in [-0.39, 0.29) is 24.4 Å². The van der Waals surface area contributed by atoms with E-state index in [9.17, 15) is 9.59 Å². The van der Waals surface area contributed by atoms with E-state index in [1.165, 1.54) is 23.1 Å². The minimum atomic E-state index is -0.427. The van der Waals surface area contributed by atoms with E-state index in [2.05, 4.69) is 20.6 Å². The Morgan fingerprint density at radius 1 is 1.35 bits per heavy atom. The van der Waals surface area contributed by atoms with Gasteiger partial charge < -0.3 is 14.8 Å². The summed E-state index contributed by atoms with van der Waals surface area (Å²) in [5.74, 6) is 0.101. The summed E-state index contributed by atoms with van der Waals surface area (Å²) in [6, 6.07) is 1.88. The molecule has 0 radical (unpaired) electrons. The van der Waals surface area contributed by atoms with Crippen molar-refractivity contribution in [2.75, 3.05) is 24.3 Å². The molecule has 1 fully saturated rings. The van der Waals surface area contributed by atoms with Gasteiger partial charge in [0, 0.05) is 24.7 Å². The molecule has 0 unspecified atom stereocenters. The third-order valence-corrected chi connectivity index (χ3v) is 7.61. The van der Waals surface area contributed by atoms with E-state index in [1.807, 2.05) is 37.7 Å². The first kappa shape index (κ1) is 24.4. The van der Waals surface area contributed by atoms with Crippen LogP contribution in [0, 0.1) is 13.8 Å². The van der Waals surface area contributed by atoms with Crippen LogP contribution in [0.3, 0.4) is 0 Å². The molecule has 34 heavy (non-hydrogen) atoms. The molecule has 4 heterocycles. The Kier molecular flexibility index (Phi) is 7.69. The second-order valence-electron chi connectivity index (χ2n) is 7.97. The van der Waals surface area contributed by atoms with Gasteiger partial charge in [0.2, 0.25) is 5.91 Å². The molecule has 0 aromatic carbocycles. The number of hydrogen-bond donors (Lipinski definition) is 1. The first-order valence-corrected chi connectivity index (χ1v) is 12.9. The molecule has 1 saturated heterocycles. The first-order valence-electron chi connectivity index (χ1n) is 11.1. The normalized spacial score (nSPS) is 15.6. The number of rotatable bonds is 9. The number of thioether (sulfide) groups is 1. The van der Waals surface area contributed by atoms with Crippen LogP contribution in [0.15, 0.2) is 17.4 Å². The molecule has 0 spiro atoms. The van der Waals surface area contributed by atoms with Gasteiger partial charge in [0.1, 0.15) is 10.7 Å². The standard InChI is InChI=1S/C22H28N6O4S2/c1-5-31-21(30)18-13(2)14(3)34-20(18)23-17(29)12-33-22-25-24-19(16-8-9-27(4)26-16)28(22)11-15-7-6-10-32-15/h8-9,15H,5-7,10-12H2,1-4H3,(H,23,29)/t15-/m1/s1. The van der Waals surface area contributed by atoms with Crippen LogP contribution in [0.5, 0.6) is 0 Å². The minimum absolute atomic E-state index is 0.0795. The number of thiophene rings is 1. The molecule has 10 nitrogen and oxygen atoms in total. The number of anilines is 1. The van der Waals surface area contributed by atoms with Gasteiger partial charge in [0.15, 0.2) is 11.0 Å². The third kappa shape index (κ3) is 5.34. The topological polar surface area (TPSA) is 113 Å². The van der Waals surface area contributed by atoms with Crippen molar-refractivity contribution < 1.29 is 19.1 Å².